The lowest BCUT2D eigenvalue weighted by Gasteiger charge is -2.36. The van der Waals surface area contributed by atoms with E-state index in [1.165, 1.54) is 5.56 Å². The molecule has 26 heavy (non-hydrogen) atoms. The van der Waals surface area contributed by atoms with Crippen molar-refractivity contribution >= 4 is 5.91 Å². The van der Waals surface area contributed by atoms with Gasteiger partial charge in [0.25, 0.3) is 5.91 Å². The SMILES string of the molecule is O=C(c1ncc(F)cc1F)N1C[C@H]2CC[C@@H](C1)N(Cc1ccccc1)C2. The molecule has 0 aliphatic carbocycles. The number of fused-ring (bicyclic) bond motifs is 4. The van der Waals surface area contributed by atoms with Gasteiger partial charge in [0.05, 0.1) is 6.20 Å². The van der Waals surface area contributed by atoms with Gasteiger partial charge >= 0.3 is 0 Å². The van der Waals surface area contributed by atoms with Crippen molar-refractivity contribution in [2.75, 3.05) is 19.6 Å². The Morgan fingerprint density at radius 3 is 2.69 bits per heavy atom. The number of rotatable bonds is 3. The molecule has 1 amide bonds. The van der Waals surface area contributed by atoms with E-state index in [0.29, 0.717) is 25.1 Å². The van der Waals surface area contributed by atoms with Gasteiger partial charge in [-0.15, -0.1) is 0 Å². The van der Waals surface area contributed by atoms with Gasteiger partial charge in [0.1, 0.15) is 5.82 Å². The maximum atomic E-state index is 14.0. The molecule has 6 heteroatoms. The molecule has 136 valence electrons. The van der Waals surface area contributed by atoms with E-state index in [0.717, 1.165) is 32.1 Å². The number of aromatic nitrogens is 1. The maximum absolute atomic E-state index is 14.0. The summed E-state index contributed by atoms with van der Waals surface area (Å²) in [4.78, 5) is 20.5. The van der Waals surface area contributed by atoms with Gasteiger partial charge in [0.2, 0.25) is 0 Å². The molecule has 0 spiro atoms. The molecule has 3 saturated heterocycles. The Morgan fingerprint density at radius 2 is 1.92 bits per heavy atom. The van der Waals surface area contributed by atoms with Crippen LogP contribution in [0.2, 0.25) is 0 Å². The summed E-state index contributed by atoms with van der Waals surface area (Å²) in [7, 11) is 0. The summed E-state index contributed by atoms with van der Waals surface area (Å²) in [6.07, 6.45) is 2.99. The van der Waals surface area contributed by atoms with Gasteiger partial charge in [-0.25, -0.2) is 13.8 Å². The molecular formula is C20H21F2N3O. The topological polar surface area (TPSA) is 36.4 Å². The molecule has 4 nitrogen and oxygen atoms in total. The van der Waals surface area contributed by atoms with E-state index >= 15 is 0 Å². The minimum Gasteiger partial charge on any atom is -0.335 e. The van der Waals surface area contributed by atoms with Gasteiger partial charge in [0, 0.05) is 38.3 Å². The molecule has 2 atom stereocenters. The molecule has 1 aromatic heterocycles. The lowest BCUT2D eigenvalue weighted by atomic mass is 9.94. The first-order valence-corrected chi connectivity index (χ1v) is 8.98. The first-order valence-electron chi connectivity index (χ1n) is 8.98. The summed E-state index contributed by atoms with van der Waals surface area (Å²) in [6, 6.07) is 11.3. The van der Waals surface area contributed by atoms with E-state index in [1.54, 1.807) is 4.90 Å². The lowest BCUT2D eigenvalue weighted by Crippen LogP contribution is -2.44. The van der Waals surface area contributed by atoms with E-state index in [9.17, 15) is 13.6 Å². The summed E-state index contributed by atoms with van der Waals surface area (Å²) in [5.74, 6) is -1.75. The Balaban J connectivity index is 1.51. The van der Waals surface area contributed by atoms with E-state index in [-0.39, 0.29) is 11.7 Å². The van der Waals surface area contributed by atoms with Crippen LogP contribution >= 0.6 is 0 Å². The van der Waals surface area contributed by atoms with Crippen LogP contribution in [0.25, 0.3) is 0 Å². The Bertz CT molecular complexity index is 799. The summed E-state index contributed by atoms with van der Waals surface area (Å²) >= 11 is 0. The highest BCUT2D eigenvalue weighted by Gasteiger charge is 2.37. The molecule has 3 aliphatic rings. The highest BCUT2D eigenvalue weighted by Crippen LogP contribution is 2.30. The minimum absolute atomic E-state index is 0.251. The highest BCUT2D eigenvalue weighted by atomic mass is 19.1. The second-order valence-corrected chi connectivity index (χ2v) is 7.21. The number of carbonyl (C=O) groups is 1. The Kier molecular flexibility index (Phi) is 4.68. The molecule has 4 heterocycles. The first-order chi connectivity index (χ1) is 12.6. The van der Waals surface area contributed by atoms with Crippen LogP contribution in [-0.4, -0.2) is 46.4 Å². The summed E-state index contributed by atoms with van der Waals surface area (Å²) in [6.45, 7) is 2.94. The number of nitrogens with zero attached hydrogens (tertiary/aromatic N) is 3. The Hall–Kier alpha value is -2.34. The quantitative estimate of drug-likeness (QED) is 0.847. The van der Waals surface area contributed by atoms with Crippen molar-refractivity contribution in [1.82, 2.24) is 14.8 Å². The summed E-state index contributed by atoms with van der Waals surface area (Å²) in [5.41, 5.74) is 0.964. The van der Waals surface area contributed by atoms with Gasteiger partial charge < -0.3 is 4.90 Å². The van der Waals surface area contributed by atoms with Crippen LogP contribution in [0.15, 0.2) is 42.6 Å². The number of benzene rings is 1. The standard InChI is InChI=1S/C20H21F2N3O/c21-16-8-18(22)19(23-9-16)20(26)25-12-15-6-7-17(13-25)24(11-15)10-14-4-2-1-3-5-14/h1-5,8-9,15,17H,6-7,10-13H2/t15-,17-/m0/s1. The van der Waals surface area contributed by atoms with E-state index in [2.05, 4.69) is 22.0 Å². The third kappa shape index (κ3) is 3.46. The van der Waals surface area contributed by atoms with Gasteiger partial charge in [-0.05, 0) is 24.3 Å². The fraction of sp³-hybridized carbons (Fsp3) is 0.400. The van der Waals surface area contributed by atoms with Crippen LogP contribution in [0.3, 0.4) is 0 Å². The molecule has 3 fully saturated rings. The van der Waals surface area contributed by atoms with Gasteiger partial charge in [0.15, 0.2) is 11.5 Å². The Morgan fingerprint density at radius 1 is 1.12 bits per heavy atom. The van der Waals surface area contributed by atoms with Crippen molar-refractivity contribution in [3.8, 4) is 0 Å². The monoisotopic (exact) mass is 357 g/mol. The summed E-state index contributed by atoms with van der Waals surface area (Å²) in [5, 5.41) is 0. The van der Waals surface area contributed by atoms with Crippen LogP contribution in [0.1, 0.15) is 28.9 Å². The van der Waals surface area contributed by atoms with Crippen molar-refractivity contribution in [2.45, 2.75) is 25.4 Å². The van der Waals surface area contributed by atoms with Crippen LogP contribution < -0.4 is 0 Å². The van der Waals surface area contributed by atoms with E-state index in [1.807, 2.05) is 18.2 Å². The van der Waals surface area contributed by atoms with E-state index in [4.69, 9.17) is 0 Å². The number of hydrogen-bond acceptors (Lipinski definition) is 3. The molecule has 0 unspecified atom stereocenters. The normalized spacial score (nSPS) is 23.1. The molecule has 5 rings (SSSR count). The van der Waals surface area contributed by atoms with Crippen molar-refractivity contribution in [3.63, 3.8) is 0 Å². The number of piperidine rings is 1. The number of halogens is 2. The van der Waals surface area contributed by atoms with Crippen LogP contribution in [0.5, 0.6) is 0 Å². The molecule has 0 saturated carbocycles. The van der Waals surface area contributed by atoms with Crippen molar-refractivity contribution in [3.05, 3.63) is 65.5 Å². The van der Waals surface area contributed by atoms with Crippen LogP contribution in [0, 0.1) is 17.6 Å². The number of carbonyl (C=O) groups excluding carboxylic acids is 1. The number of hydrogen-bond donors (Lipinski definition) is 0. The molecule has 0 N–H and O–H groups in total. The number of pyridine rings is 1. The average molecular weight is 357 g/mol. The molecule has 3 aliphatic heterocycles. The largest absolute Gasteiger partial charge is 0.335 e. The predicted octanol–water partition coefficient (Wildman–Crippen LogP) is 3.10. The fourth-order valence-corrected chi connectivity index (χ4v) is 4.08. The van der Waals surface area contributed by atoms with Gasteiger partial charge in [-0.2, -0.15) is 0 Å². The van der Waals surface area contributed by atoms with Crippen molar-refractivity contribution in [2.24, 2.45) is 5.92 Å². The second kappa shape index (κ2) is 7.11. The zero-order valence-electron chi connectivity index (χ0n) is 14.4. The minimum atomic E-state index is -0.896. The molecular weight excluding hydrogens is 336 g/mol. The van der Waals surface area contributed by atoms with Crippen molar-refractivity contribution in [1.29, 1.82) is 0 Å². The van der Waals surface area contributed by atoms with Crippen molar-refractivity contribution < 1.29 is 13.6 Å². The molecule has 1 aromatic carbocycles. The van der Waals surface area contributed by atoms with Crippen LogP contribution in [-0.2, 0) is 6.54 Å². The fourth-order valence-electron chi connectivity index (χ4n) is 4.08. The zero-order chi connectivity index (χ0) is 18.1. The van der Waals surface area contributed by atoms with Gasteiger partial charge in [-0.1, -0.05) is 30.3 Å². The first kappa shape index (κ1) is 17.1. The third-order valence-electron chi connectivity index (χ3n) is 5.35. The van der Waals surface area contributed by atoms with E-state index < -0.39 is 17.5 Å². The zero-order valence-corrected chi connectivity index (χ0v) is 14.4. The summed E-state index contributed by atoms with van der Waals surface area (Å²) < 4.78 is 27.0. The smallest absolute Gasteiger partial charge is 0.275 e. The lowest BCUT2D eigenvalue weighted by molar-refractivity contribution is 0.0724. The molecule has 2 bridgehead atoms. The van der Waals surface area contributed by atoms with Crippen LogP contribution in [0.4, 0.5) is 8.78 Å². The third-order valence-corrected chi connectivity index (χ3v) is 5.35. The Labute approximate surface area is 151 Å². The molecule has 0 radical (unpaired) electrons. The predicted molar refractivity (Wildman–Crippen MR) is 93.4 cm³/mol. The highest BCUT2D eigenvalue weighted by molar-refractivity contribution is 5.92. The number of amides is 1. The average Bonchev–Trinajstić information content (AvgIpc) is 2.94. The second-order valence-electron chi connectivity index (χ2n) is 7.21. The van der Waals surface area contributed by atoms with Gasteiger partial charge in [-0.3, -0.25) is 9.69 Å². The maximum Gasteiger partial charge on any atom is 0.275 e. The molecule has 2 aromatic rings.